The number of benzene rings is 2. The average molecular weight is 254 g/mol. The summed E-state index contributed by atoms with van der Waals surface area (Å²) in [4.78, 5) is 2.56. The molecule has 2 heteroatoms. The number of likely N-dealkylation sites (tertiary alicyclic amines) is 1. The molecule has 1 aliphatic rings. The lowest BCUT2D eigenvalue weighted by atomic mass is 9.97. The third-order valence-corrected chi connectivity index (χ3v) is 4.31. The Kier molecular flexibility index (Phi) is 3.54. The summed E-state index contributed by atoms with van der Waals surface area (Å²) < 4.78 is 0. The Balaban J connectivity index is 1.85. The topological polar surface area (TPSA) is 29.3 Å². The third-order valence-electron chi connectivity index (χ3n) is 4.31. The van der Waals surface area contributed by atoms with E-state index in [1.807, 2.05) is 0 Å². The Morgan fingerprint density at radius 3 is 2.79 bits per heavy atom. The number of hydrogen-bond acceptors (Lipinski definition) is 2. The summed E-state index contributed by atoms with van der Waals surface area (Å²) in [5.41, 5.74) is 7.48. The molecule has 2 nitrogen and oxygen atoms in total. The van der Waals surface area contributed by atoms with Gasteiger partial charge in [-0.2, -0.15) is 0 Å². The van der Waals surface area contributed by atoms with E-state index in [1.54, 1.807) is 0 Å². The van der Waals surface area contributed by atoms with Gasteiger partial charge in [0, 0.05) is 25.2 Å². The van der Waals surface area contributed by atoms with Crippen molar-refractivity contribution in [2.24, 2.45) is 5.73 Å². The first kappa shape index (κ1) is 12.6. The van der Waals surface area contributed by atoms with Gasteiger partial charge < -0.3 is 5.73 Å². The van der Waals surface area contributed by atoms with Gasteiger partial charge in [0.05, 0.1) is 0 Å². The molecule has 0 aliphatic carbocycles. The Bertz CT molecular complexity index is 559. The zero-order valence-corrected chi connectivity index (χ0v) is 11.5. The maximum absolute atomic E-state index is 6.04. The molecule has 0 radical (unpaired) electrons. The highest BCUT2D eigenvalue weighted by molar-refractivity contribution is 5.85. The second-order valence-corrected chi connectivity index (χ2v) is 5.74. The Hall–Kier alpha value is -1.38. The third kappa shape index (κ3) is 2.65. The first-order chi connectivity index (χ1) is 9.24. The van der Waals surface area contributed by atoms with E-state index in [0.717, 1.165) is 25.9 Å². The van der Waals surface area contributed by atoms with Crippen molar-refractivity contribution < 1.29 is 0 Å². The predicted molar refractivity (Wildman–Crippen MR) is 81.0 cm³/mol. The first-order valence-corrected chi connectivity index (χ1v) is 7.20. The van der Waals surface area contributed by atoms with Crippen molar-refractivity contribution in [3.05, 3.63) is 48.0 Å². The van der Waals surface area contributed by atoms with Crippen LogP contribution in [0, 0.1) is 0 Å². The molecular formula is C17H22N2. The van der Waals surface area contributed by atoms with Crippen molar-refractivity contribution >= 4 is 10.8 Å². The van der Waals surface area contributed by atoms with Crippen molar-refractivity contribution in [3.8, 4) is 0 Å². The summed E-state index contributed by atoms with van der Waals surface area (Å²) >= 11 is 0. The van der Waals surface area contributed by atoms with Crippen LogP contribution in [0.4, 0.5) is 0 Å². The van der Waals surface area contributed by atoms with E-state index < -0.39 is 0 Å². The Morgan fingerprint density at radius 1 is 1.16 bits per heavy atom. The molecule has 0 amide bonds. The molecule has 0 bridgehead atoms. The van der Waals surface area contributed by atoms with Gasteiger partial charge >= 0.3 is 0 Å². The highest BCUT2D eigenvalue weighted by Gasteiger charge is 2.23. The summed E-state index contributed by atoms with van der Waals surface area (Å²) in [6.07, 6.45) is 2.24. The number of nitrogens with two attached hydrogens (primary N) is 1. The quantitative estimate of drug-likeness (QED) is 0.892. The molecule has 100 valence electrons. The van der Waals surface area contributed by atoms with E-state index in [1.165, 1.54) is 16.3 Å². The van der Waals surface area contributed by atoms with E-state index in [4.69, 9.17) is 5.73 Å². The van der Waals surface area contributed by atoms with Crippen LogP contribution in [0.3, 0.4) is 0 Å². The molecule has 19 heavy (non-hydrogen) atoms. The lowest BCUT2D eigenvalue weighted by Gasteiger charge is -2.36. The molecule has 2 unspecified atom stereocenters. The Morgan fingerprint density at radius 2 is 1.95 bits per heavy atom. The highest BCUT2D eigenvalue weighted by Crippen LogP contribution is 2.23. The lowest BCUT2D eigenvalue weighted by molar-refractivity contribution is 0.140. The van der Waals surface area contributed by atoms with Gasteiger partial charge in [0.25, 0.3) is 0 Å². The molecule has 0 saturated carbocycles. The van der Waals surface area contributed by atoms with Crippen LogP contribution in [0.15, 0.2) is 42.5 Å². The largest absolute Gasteiger partial charge is 0.328 e. The van der Waals surface area contributed by atoms with Gasteiger partial charge in [0.2, 0.25) is 0 Å². The summed E-state index contributed by atoms with van der Waals surface area (Å²) in [7, 11) is 0. The van der Waals surface area contributed by atoms with Crippen LogP contribution in [0.1, 0.15) is 25.3 Å². The van der Waals surface area contributed by atoms with Crippen molar-refractivity contribution in [1.82, 2.24) is 4.90 Å². The Labute approximate surface area is 115 Å². The van der Waals surface area contributed by atoms with Crippen molar-refractivity contribution in [1.29, 1.82) is 0 Å². The molecule has 1 saturated heterocycles. The number of fused-ring (bicyclic) bond motifs is 1. The second kappa shape index (κ2) is 5.32. The molecule has 3 rings (SSSR count). The van der Waals surface area contributed by atoms with Crippen molar-refractivity contribution in [2.45, 2.75) is 38.4 Å². The predicted octanol–water partition coefficient (Wildman–Crippen LogP) is 3.15. The molecular weight excluding hydrogens is 232 g/mol. The van der Waals surface area contributed by atoms with Gasteiger partial charge in [-0.1, -0.05) is 42.5 Å². The van der Waals surface area contributed by atoms with E-state index in [2.05, 4.69) is 54.3 Å². The zero-order chi connectivity index (χ0) is 13.2. The fourth-order valence-electron chi connectivity index (χ4n) is 3.14. The fraction of sp³-hybridized carbons (Fsp3) is 0.412. The van der Waals surface area contributed by atoms with Crippen LogP contribution in [0.5, 0.6) is 0 Å². The van der Waals surface area contributed by atoms with Crippen LogP contribution < -0.4 is 5.73 Å². The van der Waals surface area contributed by atoms with E-state index in [-0.39, 0.29) is 0 Å². The van der Waals surface area contributed by atoms with Crippen LogP contribution in [0.2, 0.25) is 0 Å². The van der Waals surface area contributed by atoms with Crippen molar-refractivity contribution in [3.63, 3.8) is 0 Å². The minimum Gasteiger partial charge on any atom is -0.328 e. The fourth-order valence-corrected chi connectivity index (χ4v) is 3.14. The second-order valence-electron chi connectivity index (χ2n) is 5.74. The molecule has 0 spiro atoms. The molecule has 2 atom stereocenters. The molecule has 2 N–H and O–H groups in total. The molecule has 2 aromatic carbocycles. The van der Waals surface area contributed by atoms with E-state index in [9.17, 15) is 0 Å². The molecule has 0 aromatic heterocycles. The SMILES string of the molecule is CC1CC(N)CCN1Cc1cccc2ccccc12. The summed E-state index contributed by atoms with van der Waals surface area (Å²) in [6, 6.07) is 16.2. The van der Waals surface area contributed by atoms with Gasteiger partial charge in [0.15, 0.2) is 0 Å². The summed E-state index contributed by atoms with van der Waals surface area (Å²) in [5.74, 6) is 0. The summed E-state index contributed by atoms with van der Waals surface area (Å²) in [5, 5.41) is 2.72. The number of rotatable bonds is 2. The van der Waals surface area contributed by atoms with Crippen LogP contribution >= 0.6 is 0 Å². The van der Waals surface area contributed by atoms with Gasteiger partial charge in [-0.15, -0.1) is 0 Å². The van der Waals surface area contributed by atoms with Gasteiger partial charge in [-0.3, -0.25) is 4.90 Å². The lowest BCUT2D eigenvalue weighted by Crippen LogP contribution is -2.44. The minimum absolute atomic E-state index is 0.388. The van der Waals surface area contributed by atoms with Crippen molar-refractivity contribution in [2.75, 3.05) is 6.54 Å². The van der Waals surface area contributed by atoms with Crippen LogP contribution in [0.25, 0.3) is 10.8 Å². The maximum atomic E-state index is 6.04. The smallest absolute Gasteiger partial charge is 0.0242 e. The maximum Gasteiger partial charge on any atom is 0.0242 e. The normalized spacial score (nSPS) is 24.7. The molecule has 1 aliphatic heterocycles. The van der Waals surface area contributed by atoms with Gasteiger partial charge in [0.1, 0.15) is 0 Å². The van der Waals surface area contributed by atoms with Gasteiger partial charge in [-0.05, 0) is 36.1 Å². The standard InChI is InChI=1S/C17H22N2/c1-13-11-16(18)9-10-19(13)12-15-7-4-6-14-5-2-3-8-17(14)15/h2-8,13,16H,9-12,18H2,1H3. The molecule has 2 aromatic rings. The van der Waals surface area contributed by atoms with Crippen LogP contribution in [-0.2, 0) is 6.54 Å². The minimum atomic E-state index is 0.388. The van der Waals surface area contributed by atoms with Gasteiger partial charge in [-0.25, -0.2) is 0 Å². The monoisotopic (exact) mass is 254 g/mol. The number of nitrogens with zero attached hydrogens (tertiary/aromatic N) is 1. The molecule has 1 heterocycles. The number of piperidine rings is 1. The zero-order valence-electron chi connectivity index (χ0n) is 11.5. The summed E-state index contributed by atoms with van der Waals surface area (Å²) in [6.45, 7) is 4.45. The van der Waals surface area contributed by atoms with E-state index >= 15 is 0 Å². The number of hydrogen-bond donors (Lipinski definition) is 1. The van der Waals surface area contributed by atoms with E-state index in [0.29, 0.717) is 12.1 Å². The van der Waals surface area contributed by atoms with Crippen LogP contribution in [-0.4, -0.2) is 23.5 Å². The first-order valence-electron chi connectivity index (χ1n) is 7.20. The molecule has 1 fully saturated rings. The average Bonchev–Trinajstić information content (AvgIpc) is 2.42. The highest BCUT2D eigenvalue weighted by atomic mass is 15.2.